The lowest BCUT2D eigenvalue weighted by Gasteiger charge is -2.25. The third-order valence-electron chi connectivity index (χ3n) is 7.52. The summed E-state index contributed by atoms with van der Waals surface area (Å²) in [6.45, 7) is 4.11. The molecule has 1 aromatic heterocycles. The molecule has 0 fully saturated rings. The summed E-state index contributed by atoms with van der Waals surface area (Å²) >= 11 is 1.17. The predicted octanol–water partition coefficient (Wildman–Crippen LogP) is 4.95. The highest BCUT2D eigenvalue weighted by atomic mass is 32.2. The molecule has 14 heteroatoms. The Hall–Kier alpha value is -5.86. The first-order chi connectivity index (χ1) is 23.5. The van der Waals surface area contributed by atoms with E-state index < -0.39 is 21.1 Å². The summed E-state index contributed by atoms with van der Waals surface area (Å²) < 4.78 is 38.1. The minimum atomic E-state index is -4.25. The van der Waals surface area contributed by atoms with Crippen LogP contribution in [0.3, 0.4) is 0 Å². The molecular weight excluding hydrogens is 669 g/mol. The van der Waals surface area contributed by atoms with Crippen molar-refractivity contribution in [3.63, 3.8) is 0 Å². The fourth-order valence-corrected chi connectivity index (χ4v) is 7.22. The Bertz CT molecular complexity index is 2370. The summed E-state index contributed by atoms with van der Waals surface area (Å²) in [5, 5.41) is 13.8. The Morgan fingerprint density at radius 2 is 1.63 bits per heavy atom. The van der Waals surface area contributed by atoms with Gasteiger partial charge in [-0.25, -0.2) is 4.99 Å². The van der Waals surface area contributed by atoms with Crippen molar-refractivity contribution in [2.45, 2.75) is 24.8 Å². The van der Waals surface area contributed by atoms with Crippen LogP contribution in [0, 0.1) is 10.1 Å². The number of carbonyl (C=O) groups is 1. The highest BCUT2D eigenvalue weighted by Gasteiger charge is 2.32. The molecule has 5 aromatic rings. The predicted molar refractivity (Wildman–Crippen MR) is 184 cm³/mol. The van der Waals surface area contributed by atoms with Gasteiger partial charge in [0.05, 0.1) is 33.4 Å². The quantitative estimate of drug-likeness (QED) is 0.122. The van der Waals surface area contributed by atoms with Gasteiger partial charge in [-0.2, -0.15) is 8.42 Å². The maximum absolute atomic E-state index is 14.0. The molecule has 0 saturated carbocycles. The number of amides is 1. The molecule has 0 unspecified atom stereocenters. The zero-order chi connectivity index (χ0) is 34.7. The monoisotopic (exact) mass is 696 g/mol. The van der Waals surface area contributed by atoms with Gasteiger partial charge in [0, 0.05) is 17.8 Å². The molecule has 49 heavy (non-hydrogen) atoms. The van der Waals surface area contributed by atoms with Gasteiger partial charge in [-0.3, -0.25) is 24.3 Å². The highest BCUT2D eigenvalue weighted by molar-refractivity contribution is 7.87. The van der Waals surface area contributed by atoms with Gasteiger partial charge in [0.1, 0.15) is 16.4 Å². The van der Waals surface area contributed by atoms with Gasteiger partial charge in [0.2, 0.25) is 0 Å². The second-order valence-electron chi connectivity index (χ2n) is 10.8. The normalized spacial score (nSPS) is 14.5. The summed E-state index contributed by atoms with van der Waals surface area (Å²) in [4.78, 5) is 42.9. The van der Waals surface area contributed by atoms with Gasteiger partial charge in [-0.05, 0) is 79.6 Å². The molecule has 4 aromatic carbocycles. The molecular formula is C35H28N4O8S2. The molecule has 1 aliphatic heterocycles. The molecule has 248 valence electrons. The molecule has 1 atom stereocenters. The van der Waals surface area contributed by atoms with Crippen molar-refractivity contribution in [2.24, 2.45) is 4.99 Å². The lowest BCUT2D eigenvalue weighted by molar-refractivity contribution is -0.384. The second-order valence-corrected chi connectivity index (χ2v) is 13.3. The van der Waals surface area contributed by atoms with E-state index in [0.717, 1.165) is 24.3 Å². The highest BCUT2D eigenvalue weighted by Crippen LogP contribution is 2.32. The zero-order valence-corrected chi connectivity index (χ0v) is 27.7. The smallest absolute Gasteiger partial charge is 0.339 e. The molecule has 0 spiro atoms. The number of nitrogens with zero attached hydrogens (tertiary/aromatic N) is 3. The van der Waals surface area contributed by atoms with Crippen molar-refractivity contribution in [1.29, 1.82) is 0 Å². The number of nitro groups is 1. The largest absolute Gasteiger partial charge is 0.494 e. The Morgan fingerprint density at radius 3 is 2.27 bits per heavy atom. The third kappa shape index (κ3) is 7.05. The molecule has 0 saturated heterocycles. The van der Waals surface area contributed by atoms with Gasteiger partial charge in [-0.15, -0.1) is 0 Å². The van der Waals surface area contributed by atoms with Gasteiger partial charge >= 0.3 is 10.1 Å². The Morgan fingerprint density at radius 1 is 0.980 bits per heavy atom. The number of thiazole rings is 1. The lowest BCUT2D eigenvalue weighted by atomic mass is 9.95. The summed E-state index contributed by atoms with van der Waals surface area (Å²) in [5.41, 5.74) is 2.06. The number of benzene rings is 4. The average molecular weight is 697 g/mol. The number of anilines is 1. The molecule has 0 bridgehead atoms. The first-order valence-corrected chi connectivity index (χ1v) is 17.2. The van der Waals surface area contributed by atoms with Crippen LogP contribution in [0.1, 0.15) is 31.0 Å². The van der Waals surface area contributed by atoms with E-state index in [4.69, 9.17) is 8.92 Å². The molecule has 6 rings (SSSR count). The molecule has 1 amide bonds. The molecule has 1 aliphatic rings. The summed E-state index contributed by atoms with van der Waals surface area (Å²) in [5.74, 6) is 0.277. The van der Waals surface area contributed by atoms with E-state index in [1.165, 1.54) is 28.0 Å². The molecule has 0 radical (unpaired) electrons. The first-order valence-electron chi connectivity index (χ1n) is 14.9. The number of nitrogens with one attached hydrogen (secondary N) is 1. The lowest BCUT2D eigenvalue weighted by Crippen LogP contribution is -2.40. The molecule has 2 heterocycles. The van der Waals surface area contributed by atoms with Crippen molar-refractivity contribution in [2.75, 3.05) is 11.9 Å². The summed E-state index contributed by atoms with van der Waals surface area (Å²) in [7, 11) is -4.25. The van der Waals surface area contributed by atoms with Crippen LogP contribution in [0.5, 0.6) is 11.5 Å². The topological polar surface area (TPSA) is 159 Å². The van der Waals surface area contributed by atoms with Crippen LogP contribution < -0.4 is 29.1 Å². The minimum absolute atomic E-state index is 0.0113. The fourth-order valence-electron chi connectivity index (χ4n) is 5.24. The Labute approximate surface area is 284 Å². The van der Waals surface area contributed by atoms with Crippen LogP contribution in [0.25, 0.3) is 6.08 Å². The maximum Gasteiger partial charge on any atom is 0.339 e. The average Bonchev–Trinajstić information content (AvgIpc) is 3.39. The maximum atomic E-state index is 14.0. The van der Waals surface area contributed by atoms with Crippen LogP contribution in [0.15, 0.2) is 129 Å². The summed E-state index contributed by atoms with van der Waals surface area (Å²) in [6, 6.07) is 25.9. The number of rotatable bonds is 10. The van der Waals surface area contributed by atoms with Gasteiger partial charge in [0.25, 0.3) is 17.2 Å². The number of non-ortho nitro benzene ring substituents is 1. The van der Waals surface area contributed by atoms with Crippen LogP contribution in [0.2, 0.25) is 0 Å². The zero-order valence-electron chi connectivity index (χ0n) is 26.1. The van der Waals surface area contributed by atoms with Crippen molar-refractivity contribution in [1.82, 2.24) is 4.57 Å². The fraction of sp³-hybridized carbons (Fsp3) is 0.114. The molecule has 1 N–H and O–H groups in total. The van der Waals surface area contributed by atoms with Crippen LogP contribution in [-0.2, 0) is 14.9 Å². The number of carbonyl (C=O) groups excluding carboxylic acids is 1. The van der Waals surface area contributed by atoms with E-state index in [1.807, 2.05) is 37.3 Å². The van der Waals surface area contributed by atoms with Crippen molar-refractivity contribution >= 4 is 44.8 Å². The standard InChI is InChI=1S/C35H28N4O8S2/c1-3-46-27-17-11-24(12-18-27)32-31(33(40)37-25-7-5-4-6-8-25)22(2)36-35-38(32)34(41)30(48-35)21-23-9-15-28(16-10-23)47-49(44,45)29-19-13-26(14-20-29)39(42)43/h4-21,32H,3H2,1-2H3,(H,37,40)/b30-21-/t32-/m1/s1. The molecule has 12 nitrogen and oxygen atoms in total. The number of fused-ring (bicyclic) bond motifs is 1. The number of aromatic nitrogens is 1. The van der Waals surface area contributed by atoms with E-state index >= 15 is 0 Å². The Balaban J connectivity index is 1.33. The third-order valence-corrected chi connectivity index (χ3v) is 9.77. The van der Waals surface area contributed by atoms with E-state index in [1.54, 1.807) is 49.4 Å². The van der Waals surface area contributed by atoms with Crippen molar-refractivity contribution < 1.29 is 27.1 Å². The summed E-state index contributed by atoms with van der Waals surface area (Å²) in [6.07, 6.45) is 1.65. The van der Waals surface area contributed by atoms with Gasteiger partial charge < -0.3 is 14.2 Å². The van der Waals surface area contributed by atoms with Crippen LogP contribution in [0.4, 0.5) is 11.4 Å². The molecule has 0 aliphatic carbocycles. The van der Waals surface area contributed by atoms with E-state index in [-0.39, 0.29) is 27.8 Å². The number of nitro benzene ring substituents is 1. The Kier molecular flexibility index (Phi) is 9.25. The number of hydrogen-bond donors (Lipinski definition) is 1. The van der Waals surface area contributed by atoms with Crippen LogP contribution >= 0.6 is 11.3 Å². The second kappa shape index (κ2) is 13.7. The van der Waals surface area contributed by atoms with Crippen LogP contribution in [-0.4, -0.2) is 30.4 Å². The van der Waals surface area contributed by atoms with E-state index in [9.17, 15) is 28.1 Å². The van der Waals surface area contributed by atoms with Crippen molar-refractivity contribution in [3.8, 4) is 11.5 Å². The number of ether oxygens (including phenoxy) is 1. The minimum Gasteiger partial charge on any atom is -0.494 e. The van der Waals surface area contributed by atoms with Gasteiger partial charge in [0.15, 0.2) is 4.80 Å². The number of para-hydroxylation sites is 1. The van der Waals surface area contributed by atoms with E-state index in [2.05, 4.69) is 10.3 Å². The van der Waals surface area contributed by atoms with Gasteiger partial charge in [-0.1, -0.05) is 53.8 Å². The number of allylic oxidation sites excluding steroid dienone is 1. The SMILES string of the molecule is CCOc1ccc([C@@H]2C(C(=O)Nc3ccccc3)=C(C)N=c3s/c(=C\c4ccc(OS(=O)(=O)c5ccc([N+](=O)[O-])cc5)cc4)c(=O)n32)cc1. The first kappa shape index (κ1) is 33.1. The number of hydrogen-bond acceptors (Lipinski definition) is 10. The van der Waals surface area contributed by atoms with E-state index in [0.29, 0.717) is 49.8 Å². The van der Waals surface area contributed by atoms with Crippen molar-refractivity contribution in [3.05, 3.63) is 155 Å².